The summed E-state index contributed by atoms with van der Waals surface area (Å²) >= 11 is 2.25. The maximum absolute atomic E-state index is 12.5. The Labute approximate surface area is 245 Å². The van der Waals surface area contributed by atoms with E-state index in [1.165, 1.54) is 0 Å². The first-order chi connectivity index (χ1) is 18.9. The zero-order valence-corrected chi connectivity index (χ0v) is 25.2. The SMILES string of the molecule is CC1(C)OCC(Cn2ccc3c(I)cccc3c2=O)O1.CC1(C)OCC(Cn2ccc3c(N)cccc3c2=O)O1. The second-order valence-corrected chi connectivity index (χ2v) is 12.1. The van der Waals surface area contributed by atoms with Gasteiger partial charge in [-0.05, 0) is 86.7 Å². The van der Waals surface area contributed by atoms with Crippen molar-refractivity contribution < 1.29 is 18.9 Å². The van der Waals surface area contributed by atoms with Crippen molar-refractivity contribution in [2.45, 2.75) is 64.6 Å². The molecular weight excluding hydrogens is 625 g/mol. The van der Waals surface area contributed by atoms with E-state index >= 15 is 0 Å². The average Bonchev–Trinajstić information content (AvgIpc) is 3.43. The van der Waals surface area contributed by atoms with Gasteiger partial charge in [0.25, 0.3) is 11.1 Å². The minimum atomic E-state index is -0.574. The monoisotopic (exact) mass is 659 g/mol. The van der Waals surface area contributed by atoms with E-state index in [1.54, 1.807) is 33.5 Å². The molecule has 0 bridgehead atoms. The largest absolute Gasteiger partial charge is 0.398 e. The Kier molecular flexibility index (Phi) is 8.08. The van der Waals surface area contributed by atoms with Gasteiger partial charge in [-0.2, -0.15) is 0 Å². The van der Waals surface area contributed by atoms with Crippen molar-refractivity contribution in [1.29, 1.82) is 0 Å². The molecule has 2 aromatic carbocycles. The van der Waals surface area contributed by atoms with E-state index in [2.05, 4.69) is 22.6 Å². The molecule has 0 spiro atoms. The molecule has 2 unspecified atom stereocenters. The molecule has 2 atom stereocenters. The van der Waals surface area contributed by atoms with Gasteiger partial charge in [0.1, 0.15) is 12.2 Å². The summed E-state index contributed by atoms with van der Waals surface area (Å²) in [5, 5.41) is 3.17. The predicted molar refractivity (Wildman–Crippen MR) is 163 cm³/mol. The van der Waals surface area contributed by atoms with Crippen molar-refractivity contribution in [3.05, 3.63) is 85.2 Å². The third-order valence-electron chi connectivity index (χ3n) is 6.95. The first-order valence-corrected chi connectivity index (χ1v) is 14.3. The van der Waals surface area contributed by atoms with Crippen molar-refractivity contribution in [3.8, 4) is 0 Å². The van der Waals surface area contributed by atoms with Gasteiger partial charge < -0.3 is 33.8 Å². The standard InChI is InChI=1S/C15H16INO3.C15H18N2O3/c2*1-15(2)19-9-10(20-15)8-17-7-6-11-12(14(17)18)4-3-5-13(11)16/h3-7,10H,8-9H2,1-2H3;3-7,10H,8-9,16H2,1-2H3. The highest BCUT2D eigenvalue weighted by molar-refractivity contribution is 14.1. The van der Waals surface area contributed by atoms with Gasteiger partial charge in [-0.3, -0.25) is 9.59 Å². The Morgan fingerprint density at radius 1 is 0.750 bits per heavy atom. The summed E-state index contributed by atoms with van der Waals surface area (Å²) in [5.41, 5.74) is 6.47. The van der Waals surface area contributed by atoms with Crippen LogP contribution in [-0.2, 0) is 32.0 Å². The minimum absolute atomic E-state index is 0.0225. The number of benzene rings is 2. The average molecular weight is 660 g/mol. The molecule has 2 fully saturated rings. The smallest absolute Gasteiger partial charge is 0.258 e. The van der Waals surface area contributed by atoms with E-state index < -0.39 is 11.6 Å². The summed E-state index contributed by atoms with van der Waals surface area (Å²) in [6.07, 6.45) is 3.40. The van der Waals surface area contributed by atoms with Crippen LogP contribution >= 0.6 is 22.6 Å². The fourth-order valence-electron chi connectivity index (χ4n) is 5.05. The first kappa shape index (κ1) is 28.7. The second-order valence-electron chi connectivity index (χ2n) is 11.0. The maximum Gasteiger partial charge on any atom is 0.258 e. The van der Waals surface area contributed by atoms with Crippen molar-refractivity contribution >= 4 is 49.8 Å². The van der Waals surface area contributed by atoms with E-state index in [9.17, 15) is 9.59 Å². The molecule has 6 rings (SSSR count). The third-order valence-corrected chi connectivity index (χ3v) is 7.89. The molecule has 4 heterocycles. The van der Waals surface area contributed by atoms with Crippen LogP contribution in [0, 0.1) is 3.57 Å². The third kappa shape index (κ3) is 6.26. The molecule has 2 aliphatic heterocycles. The number of anilines is 1. The summed E-state index contributed by atoms with van der Waals surface area (Å²) in [5.74, 6) is -1.13. The molecule has 2 saturated heterocycles. The van der Waals surface area contributed by atoms with Crippen LogP contribution in [0.1, 0.15) is 27.7 Å². The van der Waals surface area contributed by atoms with Gasteiger partial charge in [-0.1, -0.05) is 12.1 Å². The summed E-state index contributed by atoms with van der Waals surface area (Å²) in [7, 11) is 0. The molecule has 0 amide bonds. The highest BCUT2D eigenvalue weighted by Gasteiger charge is 2.33. The molecule has 2 aliphatic rings. The lowest BCUT2D eigenvalue weighted by molar-refractivity contribution is -0.140. The Morgan fingerprint density at radius 2 is 1.23 bits per heavy atom. The minimum Gasteiger partial charge on any atom is -0.398 e. The fourth-order valence-corrected chi connectivity index (χ4v) is 5.73. The summed E-state index contributed by atoms with van der Waals surface area (Å²) in [6, 6.07) is 15.0. The topological polar surface area (TPSA) is 107 Å². The van der Waals surface area contributed by atoms with Crippen LogP contribution in [0.5, 0.6) is 0 Å². The molecule has 212 valence electrons. The quantitative estimate of drug-likeness (QED) is 0.254. The fraction of sp³-hybridized carbons (Fsp3) is 0.400. The molecule has 2 N–H and O–H groups in total. The van der Waals surface area contributed by atoms with Gasteiger partial charge in [0.2, 0.25) is 0 Å². The molecular formula is C30H34IN3O6. The summed E-state index contributed by atoms with van der Waals surface area (Å²) in [4.78, 5) is 24.9. The molecule has 40 heavy (non-hydrogen) atoms. The van der Waals surface area contributed by atoms with Gasteiger partial charge >= 0.3 is 0 Å². The molecule has 0 saturated carbocycles. The Bertz CT molecular complexity index is 1540. The van der Waals surface area contributed by atoms with Crippen LogP contribution in [0.15, 0.2) is 70.5 Å². The van der Waals surface area contributed by atoms with Crippen molar-refractivity contribution in [1.82, 2.24) is 9.13 Å². The van der Waals surface area contributed by atoms with E-state index in [1.807, 2.05) is 64.2 Å². The van der Waals surface area contributed by atoms with E-state index in [0.717, 1.165) is 19.7 Å². The molecule has 10 heteroatoms. The van der Waals surface area contributed by atoms with Crippen molar-refractivity contribution in [2.24, 2.45) is 0 Å². The number of ether oxygens (including phenoxy) is 4. The van der Waals surface area contributed by atoms with Gasteiger partial charge in [0, 0.05) is 43.2 Å². The van der Waals surface area contributed by atoms with Crippen molar-refractivity contribution in [3.63, 3.8) is 0 Å². The van der Waals surface area contributed by atoms with E-state index in [0.29, 0.717) is 37.4 Å². The number of hydrogen-bond donors (Lipinski definition) is 1. The number of nitrogens with zero attached hydrogens (tertiary/aromatic N) is 2. The number of fused-ring (bicyclic) bond motifs is 2. The second kappa shape index (κ2) is 11.2. The van der Waals surface area contributed by atoms with Crippen LogP contribution in [0.25, 0.3) is 21.5 Å². The zero-order valence-electron chi connectivity index (χ0n) is 23.1. The van der Waals surface area contributed by atoms with Gasteiger partial charge in [0.05, 0.1) is 26.3 Å². The van der Waals surface area contributed by atoms with Gasteiger partial charge in [0.15, 0.2) is 11.6 Å². The Balaban J connectivity index is 0.000000161. The Hall–Kier alpha value is -2.77. The number of nitrogen functional groups attached to an aromatic ring is 1. The number of nitrogens with two attached hydrogens (primary N) is 1. The van der Waals surface area contributed by atoms with Crippen LogP contribution in [0.2, 0.25) is 0 Å². The lowest BCUT2D eigenvalue weighted by Gasteiger charge is -2.17. The lowest BCUT2D eigenvalue weighted by atomic mass is 10.1. The van der Waals surface area contributed by atoms with Crippen LogP contribution in [0.4, 0.5) is 5.69 Å². The molecule has 2 aromatic heterocycles. The molecule has 0 radical (unpaired) electrons. The van der Waals surface area contributed by atoms with Crippen LogP contribution in [0.3, 0.4) is 0 Å². The number of halogens is 1. The number of rotatable bonds is 4. The summed E-state index contributed by atoms with van der Waals surface area (Å²) < 4.78 is 27.0. The highest BCUT2D eigenvalue weighted by atomic mass is 127. The predicted octanol–water partition coefficient (Wildman–Crippen LogP) is 4.49. The lowest BCUT2D eigenvalue weighted by Crippen LogP contribution is -2.29. The van der Waals surface area contributed by atoms with Gasteiger partial charge in [-0.15, -0.1) is 0 Å². The number of aromatic nitrogens is 2. The molecule has 4 aromatic rings. The van der Waals surface area contributed by atoms with E-state index in [-0.39, 0.29) is 23.3 Å². The summed E-state index contributed by atoms with van der Waals surface area (Å²) in [6.45, 7) is 9.53. The zero-order chi connectivity index (χ0) is 28.7. The number of pyridine rings is 2. The molecule has 0 aliphatic carbocycles. The first-order valence-electron chi connectivity index (χ1n) is 13.2. The number of hydrogen-bond acceptors (Lipinski definition) is 7. The van der Waals surface area contributed by atoms with Crippen molar-refractivity contribution in [2.75, 3.05) is 18.9 Å². The molecule has 9 nitrogen and oxygen atoms in total. The Morgan fingerprint density at radius 3 is 1.73 bits per heavy atom. The highest BCUT2D eigenvalue weighted by Crippen LogP contribution is 2.25. The normalized spacial score (nSPS) is 21.4. The maximum atomic E-state index is 12.5. The van der Waals surface area contributed by atoms with E-state index in [4.69, 9.17) is 24.7 Å². The van der Waals surface area contributed by atoms with Gasteiger partial charge in [-0.25, -0.2) is 0 Å². The van der Waals surface area contributed by atoms with Crippen LogP contribution in [-0.4, -0.2) is 46.1 Å². The van der Waals surface area contributed by atoms with Crippen LogP contribution < -0.4 is 16.9 Å².